The van der Waals surface area contributed by atoms with E-state index in [2.05, 4.69) is 0 Å². The third-order valence-electron chi connectivity index (χ3n) is 3.77. The van der Waals surface area contributed by atoms with E-state index in [1.165, 1.54) is 11.3 Å². The van der Waals surface area contributed by atoms with Gasteiger partial charge in [-0.05, 0) is 13.0 Å². The Balaban J connectivity index is 1.60. The van der Waals surface area contributed by atoms with Crippen molar-refractivity contribution in [3.8, 4) is 0 Å². The Kier molecular flexibility index (Phi) is 4.17. The number of hydrogen-bond acceptors (Lipinski definition) is 5. The number of amides is 2. The van der Waals surface area contributed by atoms with Crippen LogP contribution in [-0.4, -0.2) is 53.8 Å². The fourth-order valence-corrected chi connectivity index (χ4v) is 3.54. The molecule has 7 heteroatoms. The molecule has 22 heavy (non-hydrogen) atoms. The first-order valence-corrected chi connectivity index (χ1v) is 8.16. The van der Waals surface area contributed by atoms with Crippen LogP contribution in [0.25, 0.3) is 10.3 Å². The van der Waals surface area contributed by atoms with Crippen molar-refractivity contribution in [3.63, 3.8) is 0 Å². The van der Waals surface area contributed by atoms with Gasteiger partial charge in [-0.25, -0.2) is 0 Å². The molecule has 1 fully saturated rings. The zero-order valence-corrected chi connectivity index (χ0v) is 13.3. The highest BCUT2D eigenvalue weighted by Crippen LogP contribution is 2.27. The predicted octanol–water partition coefficient (Wildman–Crippen LogP) is 1.52. The number of nitrogens with two attached hydrogens (primary N) is 1. The SMILES string of the molecule is CC(N)CC(=O)N1CCN(C(=O)c2cc3occc3s2)CC1. The molecule has 0 bridgehead atoms. The van der Waals surface area contributed by atoms with Crippen molar-refractivity contribution < 1.29 is 14.0 Å². The van der Waals surface area contributed by atoms with Crippen LogP contribution in [0, 0.1) is 0 Å². The van der Waals surface area contributed by atoms with Crippen LogP contribution in [0.1, 0.15) is 23.0 Å². The lowest BCUT2D eigenvalue weighted by atomic mass is 10.2. The molecule has 1 aliphatic heterocycles. The minimum Gasteiger partial charge on any atom is -0.463 e. The van der Waals surface area contributed by atoms with Gasteiger partial charge in [-0.1, -0.05) is 0 Å². The second-order valence-corrected chi connectivity index (χ2v) is 6.70. The van der Waals surface area contributed by atoms with Crippen LogP contribution in [0.3, 0.4) is 0 Å². The van der Waals surface area contributed by atoms with Gasteiger partial charge in [0.25, 0.3) is 5.91 Å². The zero-order valence-electron chi connectivity index (χ0n) is 12.4. The lowest BCUT2D eigenvalue weighted by Crippen LogP contribution is -2.51. The second kappa shape index (κ2) is 6.10. The van der Waals surface area contributed by atoms with E-state index in [1.807, 2.05) is 13.0 Å². The van der Waals surface area contributed by atoms with Crippen molar-refractivity contribution in [1.82, 2.24) is 9.80 Å². The number of fused-ring (bicyclic) bond motifs is 1. The fraction of sp³-hybridized carbons (Fsp3) is 0.467. The maximum atomic E-state index is 12.5. The van der Waals surface area contributed by atoms with Gasteiger partial charge in [0.1, 0.15) is 5.58 Å². The van der Waals surface area contributed by atoms with Crippen molar-refractivity contribution in [2.24, 2.45) is 5.73 Å². The van der Waals surface area contributed by atoms with Crippen LogP contribution in [-0.2, 0) is 4.79 Å². The summed E-state index contributed by atoms with van der Waals surface area (Å²) < 4.78 is 6.28. The number of hydrogen-bond donors (Lipinski definition) is 1. The van der Waals surface area contributed by atoms with E-state index >= 15 is 0 Å². The third-order valence-corrected chi connectivity index (χ3v) is 4.84. The molecule has 1 saturated heterocycles. The highest BCUT2D eigenvalue weighted by Gasteiger charge is 2.26. The summed E-state index contributed by atoms with van der Waals surface area (Å²) in [5.41, 5.74) is 6.41. The highest BCUT2D eigenvalue weighted by molar-refractivity contribution is 7.20. The Labute approximate surface area is 132 Å². The number of furan rings is 1. The average molecular weight is 321 g/mol. The summed E-state index contributed by atoms with van der Waals surface area (Å²) in [7, 11) is 0. The Morgan fingerprint density at radius 2 is 2.00 bits per heavy atom. The molecular formula is C15H19N3O3S. The molecule has 0 spiro atoms. The number of nitrogens with zero attached hydrogens (tertiary/aromatic N) is 2. The van der Waals surface area contributed by atoms with E-state index in [-0.39, 0.29) is 17.9 Å². The van der Waals surface area contributed by atoms with Gasteiger partial charge in [0.15, 0.2) is 0 Å². The van der Waals surface area contributed by atoms with Crippen LogP contribution in [0.15, 0.2) is 22.8 Å². The number of carbonyl (C=O) groups is 2. The lowest BCUT2D eigenvalue weighted by molar-refractivity contribution is -0.132. The average Bonchev–Trinajstić information content (AvgIpc) is 3.07. The van der Waals surface area contributed by atoms with Gasteiger partial charge < -0.3 is 20.0 Å². The topological polar surface area (TPSA) is 79.8 Å². The van der Waals surface area contributed by atoms with Gasteiger partial charge in [-0.2, -0.15) is 0 Å². The van der Waals surface area contributed by atoms with Crippen LogP contribution < -0.4 is 5.73 Å². The summed E-state index contributed by atoms with van der Waals surface area (Å²) in [6.07, 6.45) is 1.98. The molecule has 6 nitrogen and oxygen atoms in total. The van der Waals surface area contributed by atoms with Gasteiger partial charge in [-0.15, -0.1) is 11.3 Å². The molecule has 2 aromatic rings. The minimum absolute atomic E-state index is 0.00990. The summed E-state index contributed by atoms with van der Waals surface area (Å²) >= 11 is 1.44. The Bertz CT molecular complexity index is 655. The molecule has 2 amide bonds. The van der Waals surface area contributed by atoms with Crippen LogP contribution in [0.2, 0.25) is 0 Å². The lowest BCUT2D eigenvalue weighted by Gasteiger charge is -2.34. The van der Waals surface area contributed by atoms with Gasteiger partial charge in [0.2, 0.25) is 5.91 Å². The largest absolute Gasteiger partial charge is 0.463 e. The van der Waals surface area contributed by atoms with E-state index < -0.39 is 0 Å². The summed E-state index contributed by atoms with van der Waals surface area (Å²) in [5, 5.41) is 0. The number of piperazine rings is 1. The van der Waals surface area contributed by atoms with Gasteiger partial charge >= 0.3 is 0 Å². The first-order chi connectivity index (χ1) is 10.5. The second-order valence-electron chi connectivity index (χ2n) is 5.61. The molecule has 2 N–H and O–H groups in total. The summed E-state index contributed by atoms with van der Waals surface area (Å²) in [6, 6.07) is 3.52. The smallest absolute Gasteiger partial charge is 0.264 e. The number of thiophene rings is 1. The monoisotopic (exact) mass is 321 g/mol. The van der Waals surface area contributed by atoms with Crippen molar-refractivity contribution in [2.75, 3.05) is 26.2 Å². The standard InChI is InChI=1S/C15H19N3O3S/c1-10(16)8-14(19)17-3-5-18(6-4-17)15(20)13-9-11-12(22-13)2-7-21-11/h2,7,9-10H,3-6,8,16H2,1H3. The Hall–Kier alpha value is -1.86. The molecule has 0 aromatic carbocycles. The molecule has 0 radical (unpaired) electrons. The summed E-state index contributed by atoms with van der Waals surface area (Å²) in [6.45, 7) is 4.08. The summed E-state index contributed by atoms with van der Waals surface area (Å²) in [5.74, 6) is 0.0754. The molecule has 1 unspecified atom stereocenters. The Morgan fingerprint density at radius 3 is 2.64 bits per heavy atom. The molecule has 1 aliphatic rings. The van der Waals surface area contributed by atoms with Crippen LogP contribution in [0.4, 0.5) is 0 Å². The molecule has 0 saturated carbocycles. The molecule has 0 aliphatic carbocycles. The van der Waals surface area contributed by atoms with Crippen LogP contribution in [0.5, 0.6) is 0 Å². The molecular weight excluding hydrogens is 302 g/mol. The van der Waals surface area contributed by atoms with Gasteiger partial charge in [0.05, 0.1) is 15.8 Å². The first-order valence-electron chi connectivity index (χ1n) is 7.34. The number of rotatable bonds is 3. The first kappa shape index (κ1) is 15.1. The van der Waals surface area contributed by atoms with E-state index in [0.717, 1.165) is 10.3 Å². The van der Waals surface area contributed by atoms with Crippen LogP contribution >= 0.6 is 11.3 Å². The van der Waals surface area contributed by atoms with E-state index in [1.54, 1.807) is 22.1 Å². The molecule has 1 atom stereocenters. The van der Waals surface area contributed by atoms with Gasteiger partial charge in [0, 0.05) is 44.7 Å². The highest BCUT2D eigenvalue weighted by atomic mass is 32.1. The molecule has 3 heterocycles. The van der Waals surface area contributed by atoms with Crippen molar-refractivity contribution in [3.05, 3.63) is 23.3 Å². The zero-order chi connectivity index (χ0) is 15.7. The fourth-order valence-electron chi connectivity index (χ4n) is 2.59. The molecule has 2 aromatic heterocycles. The van der Waals surface area contributed by atoms with Gasteiger partial charge in [-0.3, -0.25) is 9.59 Å². The predicted molar refractivity (Wildman–Crippen MR) is 84.8 cm³/mol. The van der Waals surface area contributed by atoms with E-state index in [0.29, 0.717) is 37.5 Å². The molecule has 118 valence electrons. The third kappa shape index (κ3) is 3.00. The quantitative estimate of drug-likeness (QED) is 0.929. The van der Waals surface area contributed by atoms with E-state index in [9.17, 15) is 9.59 Å². The van der Waals surface area contributed by atoms with E-state index in [4.69, 9.17) is 10.2 Å². The number of carbonyl (C=O) groups excluding carboxylic acids is 2. The Morgan fingerprint density at radius 1 is 1.32 bits per heavy atom. The van der Waals surface area contributed by atoms with Crippen molar-refractivity contribution in [2.45, 2.75) is 19.4 Å². The maximum Gasteiger partial charge on any atom is 0.264 e. The normalized spacial score (nSPS) is 17.0. The maximum absolute atomic E-state index is 12.5. The van der Waals surface area contributed by atoms with Crippen molar-refractivity contribution in [1.29, 1.82) is 0 Å². The molecule has 3 rings (SSSR count). The van der Waals surface area contributed by atoms with Crippen molar-refractivity contribution >= 4 is 33.4 Å². The minimum atomic E-state index is -0.131. The summed E-state index contributed by atoms with van der Waals surface area (Å²) in [4.78, 5) is 28.7.